The van der Waals surface area contributed by atoms with Gasteiger partial charge in [0, 0.05) is 31.9 Å². The molecule has 1 aromatic carbocycles. The fourth-order valence-corrected chi connectivity index (χ4v) is 2.36. The van der Waals surface area contributed by atoms with E-state index in [2.05, 4.69) is 30.0 Å². The van der Waals surface area contributed by atoms with Crippen molar-refractivity contribution in [2.24, 2.45) is 0 Å². The smallest absolute Gasteiger partial charge is 0.0829 e. The predicted molar refractivity (Wildman–Crippen MR) is 74.4 cm³/mol. The minimum absolute atomic E-state index is 0.304. The van der Waals surface area contributed by atoms with E-state index >= 15 is 0 Å². The van der Waals surface area contributed by atoms with Crippen molar-refractivity contribution in [2.75, 3.05) is 46.1 Å². The molecular weight excluding hydrogens is 226 g/mol. The van der Waals surface area contributed by atoms with Crippen molar-refractivity contribution < 1.29 is 4.74 Å². The molecular formula is C14H23N3O. The van der Waals surface area contributed by atoms with Crippen LogP contribution < -0.4 is 5.73 Å². The summed E-state index contributed by atoms with van der Waals surface area (Å²) in [5.41, 5.74) is 8.01. The number of benzene rings is 1. The van der Waals surface area contributed by atoms with E-state index in [1.807, 2.05) is 18.2 Å². The van der Waals surface area contributed by atoms with Crippen LogP contribution in [0.1, 0.15) is 5.56 Å². The Bertz CT molecular complexity index is 383. The summed E-state index contributed by atoms with van der Waals surface area (Å²) < 4.78 is 5.77. The minimum atomic E-state index is 0.304. The second-order valence-corrected chi connectivity index (χ2v) is 5.15. The van der Waals surface area contributed by atoms with Crippen LogP contribution >= 0.6 is 0 Å². The highest BCUT2D eigenvalue weighted by Crippen LogP contribution is 2.13. The van der Waals surface area contributed by atoms with Gasteiger partial charge in [-0.25, -0.2) is 0 Å². The molecule has 1 aromatic rings. The Labute approximate surface area is 109 Å². The molecule has 2 N–H and O–H groups in total. The molecule has 1 aliphatic rings. The van der Waals surface area contributed by atoms with Gasteiger partial charge in [0.2, 0.25) is 0 Å². The fourth-order valence-electron chi connectivity index (χ4n) is 2.36. The van der Waals surface area contributed by atoms with E-state index in [1.54, 1.807) is 0 Å². The minimum Gasteiger partial charge on any atom is -0.398 e. The van der Waals surface area contributed by atoms with Gasteiger partial charge in [-0.3, -0.25) is 4.90 Å². The monoisotopic (exact) mass is 249 g/mol. The Hall–Kier alpha value is -1.10. The van der Waals surface area contributed by atoms with Crippen molar-refractivity contribution in [3.8, 4) is 0 Å². The van der Waals surface area contributed by atoms with E-state index in [4.69, 9.17) is 10.5 Å². The van der Waals surface area contributed by atoms with Gasteiger partial charge >= 0.3 is 0 Å². The van der Waals surface area contributed by atoms with Gasteiger partial charge < -0.3 is 15.4 Å². The predicted octanol–water partition coefficient (Wildman–Crippen LogP) is 1.03. The van der Waals surface area contributed by atoms with E-state index in [0.29, 0.717) is 6.10 Å². The van der Waals surface area contributed by atoms with Crippen LogP contribution in [0.2, 0.25) is 0 Å². The van der Waals surface area contributed by atoms with Crippen LogP contribution in [0.5, 0.6) is 0 Å². The van der Waals surface area contributed by atoms with Gasteiger partial charge in [-0.1, -0.05) is 18.2 Å². The molecule has 0 saturated carbocycles. The summed E-state index contributed by atoms with van der Waals surface area (Å²) in [4.78, 5) is 4.59. The molecule has 1 fully saturated rings. The summed E-state index contributed by atoms with van der Waals surface area (Å²) in [7, 11) is 4.26. The fraction of sp³-hybridized carbons (Fsp3) is 0.571. The average Bonchev–Trinajstić information content (AvgIpc) is 2.32. The van der Waals surface area contributed by atoms with Gasteiger partial charge in [0.15, 0.2) is 0 Å². The number of nitrogens with zero attached hydrogens (tertiary/aromatic N) is 2. The maximum atomic E-state index is 5.96. The zero-order valence-corrected chi connectivity index (χ0v) is 11.3. The molecule has 1 saturated heterocycles. The van der Waals surface area contributed by atoms with Crippen molar-refractivity contribution in [3.05, 3.63) is 29.8 Å². The molecule has 0 amide bonds. The molecule has 0 aromatic heterocycles. The number of rotatable bonds is 4. The van der Waals surface area contributed by atoms with Crippen molar-refractivity contribution in [2.45, 2.75) is 12.6 Å². The molecule has 4 nitrogen and oxygen atoms in total. The summed E-state index contributed by atoms with van der Waals surface area (Å²) >= 11 is 0. The lowest BCUT2D eigenvalue weighted by Gasteiger charge is -2.32. The number of nitrogen functional groups attached to an aromatic ring is 1. The first-order valence-corrected chi connectivity index (χ1v) is 6.47. The van der Waals surface area contributed by atoms with Crippen molar-refractivity contribution in [3.63, 3.8) is 0 Å². The Balaban J connectivity index is 1.85. The number of likely N-dealkylation sites (N-methyl/N-ethyl adjacent to an activating group) is 2. The molecule has 100 valence electrons. The third kappa shape index (κ3) is 3.70. The standard InChI is InChI=1S/C14H23N3O/c1-16-7-8-18-13(10-16)11-17(2)9-12-5-3-4-6-14(12)15/h3-6,13H,7-11,15H2,1-2H3. The highest BCUT2D eigenvalue weighted by Gasteiger charge is 2.19. The Morgan fingerprint density at radius 3 is 2.94 bits per heavy atom. The largest absolute Gasteiger partial charge is 0.398 e. The average molecular weight is 249 g/mol. The molecule has 18 heavy (non-hydrogen) atoms. The lowest BCUT2D eigenvalue weighted by atomic mass is 10.1. The van der Waals surface area contributed by atoms with Gasteiger partial charge in [0.25, 0.3) is 0 Å². The van der Waals surface area contributed by atoms with Crippen LogP contribution in [0.3, 0.4) is 0 Å². The number of hydrogen-bond donors (Lipinski definition) is 1. The summed E-state index contributed by atoms with van der Waals surface area (Å²) in [6.45, 7) is 4.69. The second-order valence-electron chi connectivity index (χ2n) is 5.15. The highest BCUT2D eigenvalue weighted by atomic mass is 16.5. The lowest BCUT2D eigenvalue weighted by Crippen LogP contribution is -2.45. The summed E-state index contributed by atoms with van der Waals surface area (Å²) in [6.07, 6.45) is 0.304. The Morgan fingerprint density at radius 2 is 2.22 bits per heavy atom. The zero-order valence-electron chi connectivity index (χ0n) is 11.3. The number of anilines is 1. The molecule has 1 atom stereocenters. The molecule has 1 aliphatic heterocycles. The molecule has 0 spiro atoms. The summed E-state index contributed by atoms with van der Waals surface area (Å²) in [6, 6.07) is 8.04. The summed E-state index contributed by atoms with van der Waals surface area (Å²) in [5.74, 6) is 0. The first-order chi connectivity index (χ1) is 8.65. The molecule has 0 bridgehead atoms. The van der Waals surface area contributed by atoms with Gasteiger partial charge in [-0.2, -0.15) is 0 Å². The lowest BCUT2D eigenvalue weighted by molar-refractivity contribution is -0.0333. The molecule has 1 heterocycles. The number of para-hydroxylation sites is 1. The maximum absolute atomic E-state index is 5.96. The second kappa shape index (κ2) is 6.18. The number of ether oxygens (including phenoxy) is 1. The van der Waals surface area contributed by atoms with E-state index in [1.165, 1.54) is 5.56 Å². The maximum Gasteiger partial charge on any atom is 0.0829 e. The van der Waals surface area contributed by atoms with Gasteiger partial charge in [0.05, 0.1) is 12.7 Å². The molecule has 1 unspecified atom stereocenters. The van der Waals surface area contributed by atoms with E-state index in [0.717, 1.165) is 38.5 Å². The number of hydrogen-bond acceptors (Lipinski definition) is 4. The molecule has 4 heteroatoms. The summed E-state index contributed by atoms with van der Waals surface area (Å²) in [5, 5.41) is 0. The normalized spacial score (nSPS) is 21.4. The topological polar surface area (TPSA) is 41.7 Å². The third-order valence-corrected chi connectivity index (χ3v) is 3.35. The molecule has 0 aliphatic carbocycles. The van der Waals surface area contributed by atoms with Crippen LogP contribution in [0.4, 0.5) is 5.69 Å². The molecule has 2 rings (SSSR count). The van der Waals surface area contributed by atoms with Crippen LogP contribution in [-0.2, 0) is 11.3 Å². The Kier molecular flexibility index (Phi) is 4.58. The first kappa shape index (κ1) is 13.3. The van der Waals surface area contributed by atoms with Gasteiger partial charge in [0.1, 0.15) is 0 Å². The molecule has 0 radical (unpaired) electrons. The van der Waals surface area contributed by atoms with E-state index in [9.17, 15) is 0 Å². The van der Waals surface area contributed by atoms with Crippen molar-refractivity contribution in [1.82, 2.24) is 9.80 Å². The SMILES string of the molecule is CN1CCOC(CN(C)Cc2ccccc2N)C1. The van der Waals surface area contributed by atoms with Crippen LogP contribution in [0.15, 0.2) is 24.3 Å². The number of morpholine rings is 1. The van der Waals surface area contributed by atoms with Crippen LogP contribution in [-0.4, -0.2) is 56.2 Å². The Morgan fingerprint density at radius 1 is 1.44 bits per heavy atom. The van der Waals surface area contributed by atoms with Crippen LogP contribution in [0.25, 0.3) is 0 Å². The quantitative estimate of drug-likeness (QED) is 0.809. The van der Waals surface area contributed by atoms with E-state index in [-0.39, 0.29) is 0 Å². The zero-order chi connectivity index (χ0) is 13.0. The number of nitrogens with two attached hydrogens (primary N) is 1. The van der Waals surface area contributed by atoms with E-state index < -0.39 is 0 Å². The third-order valence-electron chi connectivity index (χ3n) is 3.35. The van der Waals surface area contributed by atoms with Gasteiger partial charge in [-0.05, 0) is 25.7 Å². The first-order valence-electron chi connectivity index (χ1n) is 6.47. The van der Waals surface area contributed by atoms with Crippen molar-refractivity contribution in [1.29, 1.82) is 0 Å². The highest BCUT2D eigenvalue weighted by molar-refractivity contribution is 5.46. The van der Waals surface area contributed by atoms with Gasteiger partial charge in [-0.15, -0.1) is 0 Å². The van der Waals surface area contributed by atoms with Crippen LogP contribution in [0, 0.1) is 0 Å². The van der Waals surface area contributed by atoms with Crippen molar-refractivity contribution >= 4 is 5.69 Å².